The average molecular weight is 293 g/mol. The number of benzene rings is 1. The van der Waals surface area contributed by atoms with Crippen LogP contribution < -0.4 is 0 Å². The van der Waals surface area contributed by atoms with E-state index in [4.69, 9.17) is 10.00 Å². The second-order valence-corrected chi connectivity index (χ2v) is 5.17. The summed E-state index contributed by atoms with van der Waals surface area (Å²) in [5.41, 5.74) is 0.923. The molecule has 0 aliphatic carbocycles. The number of nitriles is 1. The molecule has 2 rings (SSSR count). The molecule has 0 fully saturated rings. The lowest BCUT2D eigenvalue weighted by Crippen LogP contribution is -1.96. The predicted octanol–water partition coefficient (Wildman–Crippen LogP) is 4.30. The van der Waals surface area contributed by atoms with Crippen molar-refractivity contribution >= 4 is 11.3 Å². The zero-order chi connectivity index (χ0) is 14.5. The molecule has 0 saturated carbocycles. The largest absolute Gasteiger partial charge is 0.376 e. The van der Waals surface area contributed by atoms with Crippen LogP contribution in [0, 0.1) is 23.0 Å². The highest BCUT2D eigenvalue weighted by atomic mass is 32.1. The quantitative estimate of drug-likeness (QED) is 0.823. The Labute approximate surface area is 120 Å². The van der Waals surface area contributed by atoms with Gasteiger partial charge in [-0.25, -0.2) is 8.78 Å². The Morgan fingerprint density at radius 1 is 1.30 bits per heavy atom. The molecule has 0 radical (unpaired) electrons. The highest BCUT2D eigenvalue weighted by Crippen LogP contribution is 2.30. The van der Waals surface area contributed by atoms with Crippen molar-refractivity contribution < 1.29 is 13.5 Å². The summed E-state index contributed by atoms with van der Waals surface area (Å²) < 4.78 is 33.1. The van der Waals surface area contributed by atoms with E-state index in [1.54, 1.807) is 11.4 Å². The van der Waals surface area contributed by atoms with Gasteiger partial charge in [0.1, 0.15) is 0 Å². The maximum atomic E-state index is 14.0. The number of thiophene rings is 1. The van der Waals surface area contributed by atoms with Crippen LogP contribution in [0.2, 0.25) is 0 Å². The third-order valence-electron chi connectivity index (χ3n) is 2.84. The lowest BCUT2D eigenvalue weighted by Gasteiger charge is -2.05. The molecule has 5 heteroatoms. The van der Waals surface area contributed by atoms with E-state index in [2.05, 4.69) is 0 Å². The molecule has 0 aliphatic rings. The maximum Gasteiger partial charge on any atom is 0.166 e. The minimum atomic E-state index is -0.943. The van der Waals surface area contributed by atoms with Gasteiger partial charge in [0, 0.05) is 22.6 Å². The third-order valence-corrected chi connectivity index (χ3v) is 3.76. The summed E-state index contributed by atoms with van der Waals surface area (Å²) in [7, 11) is 0. The van der Waals surface area contributed by atoms with Gasteiger partial charge in [0.2, 0.25) is 0 Å². The number of rotatable bonds is 5. The minimum Gasteiger partial charge on any atom is -0.376 e. The van der Waals surface area contributed by atoms with Gasteiger partial charge in [-0.05, 0) is 23.9 Å². The van der Waals surface area contributed by atoms with E-state index in [0.29, 0.717) is 18.8 Å². The van der Waals surface area contributed by atoms with Gasteiger partial charge < -0.3 is 4.74 Å². The molecule has 104 valence electrons. The van der Waals surface area contributed by atoms with E-state index >= 15 is 0 Å². The van der Waals surface area contributed by atoms with Crippen molar-refractivity contribution in [2.45, 2.75) is 20.0 Å². The summed E-state index contributed by atoms with van der Waals surface area (Å²) in [5, 5.41) is 10.3. The molecule has 1 aromatic heterocycles. The van der Waals surface area contributed by atoms with Gasteiger partial charge in [0.25, 0.3) is 0 Å². The summed E-state index contributed by atoms with van der Waals surface area (Å²) in [4.78, 5) is 0.961. The molecule has 0 saturated heterocycles. The molecule has 0 aliphatic heterocycles. The molecule has 0 amide bonds. The summed E-state index contributed by atoms with van der Waals surface area (Å²) in [6.07, 6.45) is -0.137. The zero-order valence-electron chi connectivity index (χ0n) is 11.0. The highest BCUT2D eigenvalue weighted by Gasteiger charge is 2.15. The van der Waals surface area contributed by atoms with E-state index in [0.717, 1.165) is 4.88 Å². The first-order valence-corrected chi connectivity index (χ1v) is 7.04. The summed E-state index contributed by atoms with van der Waals surface area (Å²) in [6.45, 7) is 2.98. The van der Waals surface area contributed by atoms with E-state index in [9.17, 15) is 8.78 Å². The van der Waals surface area contributed by atoms with Crippen LogP contribution in [-0.2, 0) is 17.8 Å². The van der Waals surface area contributed by atoms with Crippen LogP contribution in [0.25, 0.3) is 11.1 Å². The van der Waals surface area contributed by atoms with Gasteiger partial charge in [-0.15, -0.1) is 11.3 Å². The molecule has 0 N–H and O–H groups in total. The Morgan fingerprint density at radius 3 is 2.80 bits per heavy atom. The lowest BCUT2D eigenvalue weighted by molar-refractivity contribution is 0.136. The maximum absolute atomic E-state index is 14.0. The Kier molecular flexibility index (Phi) is 4.83. The second kappa shape index (κ2) is 6.60. The molecule has 1 aromatic carbocycles. The van der Waals surface area contributed by atoms with Crippen LogP contribution in [-0.4, -0.2) is 6.61 Å². The van der Waals surface area contributed by atoms with Crippen molar-refractivity contribution in [3.63, 3.8) is 0 Å². The SMILES string of the molecule is CCOCc1cc(-c2ccc(CC#N)c(F)c2F)cs1. The summed E-state index contributed by atoms with van der Waals surface area (Å²) >= 11 is 1.45. The zero-order valence-corrected chi connectivity index (χ0v) is 11.8. The van der Waals surface area contributed by atoms with Crippen LogP contribution in [0.15, 0.2) is 23.6 Å². The molecule has 2 aromatic rings. The Morgan fingerprint density at radius 2 is 2.10 bits per heavy atom. The second-order valence-electron chi connectivity index (χ2n) is 4.17. The predicted molar refractivity (Wildman–Crippen MR) is 74.3 cm³/mol. The van der Waals surface area contributed by atoms with Crippen molar-refractivity contribution in [1.29, 1.82) is 5.26 Å². The van der Waals surface area contributed by atoms with Crippen molar-refractivity contribution in [3.8, 4) is 17.2 Å². The Bertz CT molecular complexity index is 646. The number of ether oxygens (including phenoxy) is 1. The molecule has 0 spiro atoms. The van der Waals surface area contributed by atoms with Crippen molar-refractivity contribution in [2.24, 2.45) is 0 Å². The van der Waals surface area contributed by atoms with E-state index < -0.39 is 11.6 Å². The van der Waals surface area contributed by atoms with Crippen LogP contribution in [0.1, 0.15) is 17.4 Å². The van der Waals surface area contributed by atoms with Crippen LogP contribution in [0.3, 0.4) is 0 Å². The Hall–Kier alpha value is -1.77. The molecule has 0 unspecified atom stereocenters. The fraction of sp³-hybridized carbons (Fsp3) is 0.267. The van der Waals surface area contributed by atoms with Gasteiger partial charge >= 0.3 is 0 Å². The molecular formula is C15H13F2NOS. The van der Waals surface area contributed by atoms with Gasteiger partial charge in [0.05, 0.1) is 19.1 Å². The first-order valence-electron chi connectivity index (χ1n) is 6.16. The molecule has 2 nitrogen and oxygen atoms in total. The molecule has 0 bridgehead atoms. The van der Waals surface area contributed by atoms with Gasteiger partial charge in [0.15, 0.2) is 11.6 Å². The van der Waals surface area contributed by atoms with E-state index in [1.807, 2.05) is 13.0 Å². The standard InChI is InChI=1S/C15H13F2NOS/c1-2-19-8-12-7-11(9-20-12)13-4-3-10(5-6-18)14(16)15(13)17/h3-4,7,9H,2,5,8H2,1H3. The fourth-order valence-electron chi connectivity index (χ4n) is 1.83. The first-order chi connectivity index (χ1) is 9.67. The van der Waals surface area contributed by atoms with Crippen LogP contribution >= 0.6 is 11.3 Å². The molecular weight excluding hydrogens is 280 g/mol. The molecule has 0 atom stereocenters. The first kappa shape index (κ1) is 14.6. The van der Waals surface area contributed by atoms with Crippen LogP contribution in [0.5, 0.6) is 0 Å². The number of hydrogen-bond acceptors (Lipinski definition) is 3. The van der Waals surface area contributed by atoms with Crippen molar-refractivity contribution in [3.05, 3.63) is 45.7 Å². The van der Waals surface area contributed by atoms with E-state index in [1.165, 1.54) is 23.5 Å². The van der Waals surface area contributed by atoms with Gasteiger partial charge in [-0.2, -0.15) is 5.26 Å². The van der Waals surface area contributed by atoms with E-state index in [-0.39, 0.29) is 17.5 Å². The summed E-state index contributed by atoms with van der Waals surface area (Å²) in [5.74, 6) is -1.85. The van der Waals surface area contributed by atoms with Gasteiger partial charge in [-0.3, -0.25) is 0 Å². The molecule has 20 heavy (non-hydrogen) atoms. The van der Waals surface area contributed by atoms with Crippen LogP contribution in [0.4, 0.5) is 8.78 Å². The topological polar surface area (TPSA) is 33.0 Å². The number of nitrogens with zero attached hydrogens (tertiary/aromatic N) is 1. The minimum absolute atomic E-state index is 0.0820. The monoisotopic (exact) mass is 293 g/mol. The normalized spacial score (nSPS) is 10.5. The fourth-order valence-corrected chi connectivity index (χ4v) is 2.65. The smallest absolute Gasteiger partial charge is 0.166 e. The lowest BCUT2D eigenvalue weighted by atomic mass is 10.0. The van der Waals surface area contributed by atoms with Gasteiger partial charge in [-0.1, -0.05) is 12.1 Å². The number of halogens is 2. The highest BCUT2D eigenvalue weighted by molar-refractivity contribution is 7.10. The molecule has 1 heterocycles. The average Bonchev–Trinajstić information content (AvgIpc) is 2.90. The Balaban J connectivity index is 2.31. The third kappa shape index (κ3) is 3.03. The summed E-state index contributed by atoms with van der Waals surface area (Å²) in [6, 6.07) is 6.58. The van der Waals surface area contributed by atoms with Crippen molar-refractivity contribution in [2.75, 3.05) is 6.61 Å². The number of hydrogen-bond donors (Lipinski definition) is 0. The van der Waals surface area contributed by atoms with Crippen molar-refractivity contribution in [1.82, 2.24) is 0 Å².